The lowest BCUT2D eigenvalue weighted by molar-refractivity contribution is -0.137. The van der Waals surface area contributed by atoms with Crippen LogP contribution in [-0.4, -0.2) is 49.5 Å². The Hall–Kier alpha value is -3.47. The highest BCUT2D eigenvalue weighted by molar-refractivity contribution is 6.03. The topological polar surface area (TPSA) is 96.2 Å². The number of anilines is 2. The van der Waals surface area contributed by atoms with Crippen LogP contribution in [0.2, 0.25) is 0 Å². The summed E-state index contributed by atoms with van der Waals surface area (Å²) in [4.78, 5) is 22.5. The predicted molar refractivity (Wildman–Crippen MR) is 106 cm³/mol. The van der Waals surface area contributed by atoms with Crippen LogP contribution in [0, 0.1) is 0 Å². The Balaban J connectivity index is 1.64. The number of aliphatic hydroxyl groups excluding tert-OH is 1. The van der Waals surface area contributed by atoms with E-state index in [4.69, 9.17) is 0 Å². The van der Waals surface area contributed by atoms with Crippen molar-refractivity contribution in [3.63, 3.8) is 0 Å². The normalized spacial score (nSPS) is 18.6. The number of rotatable bonds is 4. The molecule has 4 rings (SSSR count). The number of halogens is 3. The number of pyridine rings is 2. The number of amides is 1. The highest BCUT2D eigenvalue weighted by atomic mass is 19.4. The van der Waals surface area contributed by atoms with Gasteiger partial charge >= 0.3 is 6.18 Å². The van der Waals surface area contributed by atoms with Gasteiger partial charge in [-0.05, 0) is 19.1 Å². The van der Waals surface area contributed by atoms with Gasteiger partial charge in [-0.15, -0.1) is 0 Å². The molecule has 4 heterocycles. The fraction of sp³-hybridized carbons (Fsp3) is 0.300. The Morgan fingerprint density at radius 3 is 2.68 bits per heavy atom. The molecule has 3 aromatic rings. The Morgan fingerprint density at radius 2 is 2.06 bits per heavy atom. The summed E-state index contributed by atoms with van der Waals surface area (Å²) in [5.41, 5.74) is -0.396. The molecule has 3 aromatic heterocycles. The van der Waals surface area contributed by atoms with Crippen LogP contribution in [0.3, 0.4) is 0 Å². The first-order valence-electron chi connectivity index (χ1n) is 9.43. The average Bonchev–Trinajstić information content (AvgIpc) is 3.17. The van der Waals surface area contributed by atoms with Crippen LogP contribution in [0.4, 0.5) is 24.7 Å². The highest BCUT2D eigenvalue weighted by Gasteiger charge is 2.38. The van der Waals surface area contributed by atoms with Crippen LogP contribution >= 0.6 is 0 Å². The molecule has 31 heavy (non-hydrogen) atoms. The van der Waals surface area contributed by atoms with Crippen molar-refractivity contribution in [1.82, 2.24) is 19.7 Å². The van der Waals surface area contributed by atoms with Crippen molar-refractivity contribution >= 4 is 17.4 Å². The van der Waals surface area contributed by atoms with Gasteiger partial charge in [0.15, 0.2) is 0 Å². The minimum atomic E-state index is -4.71. The van der Waals surface area contributed by atoms with Crippen molar-refractivity contribution in [3.8, 4) is 11.3 Å². The summed E-state index contributed by atoms with van der Waals surface area (Å²) in [5.74, 6) is -0.553. The van der Waals surface area contributed by atoms with Gasteiger partial charge in [-0.3, -0.25) is 9.48 Å². The third-order valence-corrected chi connectivity index (χ3v) is 5.15. The number of aliphatic hydroxyl groups is 1. The number of carbonyl (C=O) groups excluding carboxylic acids is 1. The van der Waals surface area contributed by atoms with E-state index in [9.17, 15) is 23.1 Å². The number of carbonyl (C=O) groups is 1. The molecule has 8 nitrogen and oxygen atoms in total. The SMILES string of the molecule is C[C@@H]1[C@@H](O)CN1c1cc(NC(=O)c2cccc(-c3cnn(C)c3)n2)c(C(F)(F)F)cn1. The second kappa shape index (κ2) is 7.65. The quantitative estimate of drug-likeness (QED) is 0.658. The molecule has 2 atom stereocenters. The summed E-state index contributed by atoms with van der Waals surface area (Å²) in [6.45, 7) is 1.99. The van der Waals surface area contributed by atoms with E-state index in [1.165, 1.54) is 6.07 Å². The Labute approximate surface area is 175 Å². The average molecular weight is 432 g/mol. The number of β-amino-alcohol motifs (C(OH)–C–C–N with tert-alkyl or cyclic N) is 1. The van der Waals surface area contributed by atoms with E-state index in [0.717, 1.165) is 6.07 Å². The summed E-state index contributed by atoms with van der Waals surface area (Å²) in [7, 11) is 1.73. The van der Waals surface area contributed by atoms with Gasteiger partial charge in [0.05, 0.1) is 35.3 Å². The summed E-state index contributed by atoms with van der Waals surface area (Å²) >= 11 is 0. The fourth-order valence-electron chi connectivity index (χ4n) is 3.28. The molecule has 0 bridgehead atoms. The maximum Gasteiger partial charge on any atom is 0.419 e. The third-order valence-electron chi connectivity index (χ3n) is 5.15. The number of hydrogen-bond acceptors (Lipinski definition) is 6. The van der Waals surface area contributed by atoms with Crippen molar-refractivity contribution in [2.45, 2.75) is 25.2 Å². The number of aryl methyl sites for hydroxylation is 1. The van der Waals surface area contributed by atoms with Gasteiger partial charge in [-0.1, -0.05) is 6.07 Å². The van der Waals surface area contributed by atoms with Crippen molar-refractivity contribution < 1.29 is 23.1 Å². The van der Waals surface area contributed by atoms with Gasteiger partial charge in [0, 0.05) is 37.6 Å². The van der Waals surface area contributed by atoms with E-state index in [1.807, 2.05) is 0 Å². The first-order valence-corrected chi connectivity index (χ1v) is 9.43. The molecule has 1 fully saturated rings. The van der Waals surface area contributed by atoms with Crippen molar-refractivity contribution in [2.24, 2.45) is 7.05 Å². The van der Waals surface area contributed by atoms with E-state index in [1.54, 1.807) is 48.1 Å². The largest absolute Gasteiger partial charge is 0.419 e. The molecule has 11 heteroatoms. The molecule has 0 unspecified atom stereocenters. The lowest BCUT2D eigenvalue weighted by Crippen LogP contribution is -2.59. The minimum Gasteiger partial charge on any atom is -0.389 e. The molecule has 1 saturated heterocycles. The van der Waals surface area contributed by atoms with E-state index in [0.29, 0.717) is 17.5 Å². The zero-order valence-electron chi connectivity index (χ0n) is 16.6. The van der Waals surface area contributed by atoms with Gasteiger partial charge in [-0.25, -0.2) is 9.97 Å². The second-order valence-electron chi connectivity index (χ2n) is 7.31. The summed E-state index contributed by atoms with van der Waals surface area (Å²) in [6.07, 6.45) is -1.32. The molecule has 2 N–H and O–H groups in total. The number of nitrogens with one attached hydrogen (secondary N) is 1. The van der Waals surface area contributed by atoms with Gasteiger partial charge in [0.1, 0.15) is 11.5 Å². The molecule has 0 saturated carbocycles. The van der Waals surface area contributed by atoms with Gasteiger partial charge in [-0.2, -0.15) is 18.3 Å². The zero-order valence-corrected chi connectivity index (χ0v) is 16.6. The number of hydrogen-bond donors (Lipinski definition) is 2. The molecule has 0 aliphatic carbocycles. The molecular weight excluding hydrogens is 413 g/mol. The third kappa shape index (κ3) is 4.08. The van der Waals surface area contributed by atoms with Crippen LogP contribution in [0.25, 0.3) is 11.3 Å². The smallest absolute Gasteiger partial charge is 0.389 e. The molecule has 1 aliphatic rings. The van der Waals surface area contributed by atoms with Crippen molar-refractivity contribution in [2.75, 3.05) is 16.8 Å². The fourth-order valence-corrected chi connectivity index (χ4v) is 3.28. The minimum absolute atomic E-state index is 0.0411. The molecule has 0 aromatic carbocycles. The van der Waals surface area contributed by atoms with E-state index < -0.39 is 29.4 Å². The van der Waals surface area contributed by atoms with E-state index in [-0.39, 0.29) is 24.1 Å². The maximum absolute atomic E-state index is 13.5. The standard InChI is InChI=1S/C20H19F3N6O2/c1-11-17(30)10-29(11)18-6-16(13(8-24-18)20(21,22)23)27-19(31)15-5-3-4-14(26-15)12-7-25-28(2)9-12/h3-9,11,17,30H,10H2,1-2H3,(H,24,27,31)/t11-,17+/m1/s1. The Bertz CT molecular complexity index is 1130. The lowest BCUT2D eigenvalue weighted by atomic mass is 10.0. The number of alkyl halides is 3. The van der Waals surface area contributed by atoms with Crippen LogP contribution in [0.1, 0.15) is 23.0 Å². The van der Waals surface area contributed by atoms with Gasteiger partial charge in [0.2, 0.25) is 0 Å². The molecule has 1 aliphatic heterocycles. The van der Waals surface area contributed by atoms with Gasteiger partial charge < -0.3 is 15.3 Å². The molecular formula is C20H19F3N6O2. The first kappa shape index (κ1) is 20.8. The van der Waals surface area contributed by atoms with Crippen LogP contribution in [0.15, 0.2) is 42.9 Å². The summed E-state index contributed by atoms with van der Waals surface area (Å²) in [6, 6.07) is 5.56. The van der Waals surface area contributed by atoms with E-state index >= 15 is 0 Å². The van der Waals surface area contributed by atoms with Crippen molar-refractivity contribution in [3.05, 3.63) is 54.1 Å². The predicted octanol–water partition coefficient (Wildman–Crippen LogP) is 2.72. The monoisotopic (exact) mass is 432 g/mol. The van der Waals surface area contributed by atoms with Crippen LogP contribution < -0.4 is 10.2 Å². The van der Waals surface area contributed by atoms with Crippen LogP contribution in [-0.2, 0) is 13.2 Å². The molecule has 0 spiro atoms. The second-order valence-corrected chi connectivity index (χ2v) is 7.31. The zero-order chi connectivity index (χ0) is 22.3. The summed E-state index contributed by atoms with van der Waals surface area (Å²) < 4.78 is 42.0. The molecule has 1 amide bonds. The molecule has 0 radical (unpaired) electrons. The number of aromatic nitrogens is 4. The highest BCUT2D eigenvalue weighted by Crippen LogP contribution is 2.37. The molecule has 162 valence electrons. The van der Waals surface area contributed by atoms with E-state index in [2.05, 4.69) is 20.4 Å². The van der Waals surface area contributed by atoms with Gasteiger partial charge in [0.25, 0.3) is 5.91 Å². The maximum atomic E-state index is 13.5. The first-order chi connectivity index (χ1) is 14.6. The van der Waals surface area contributed by atoms with Crippen molar-refractivity contribution in [1.29, 1.82) is 0 Å². The Morgan fingerprint density at radius 1 is 1.29 bits per heavy atom. The van der Waals surface area contributed by atoms with Crippen LogP contribution in [0.5, 0.6) is 0 Å². The number of nitrogens with zero attached hydrogens (tertiary/aromatic N) is 5. The Kier molecular flexibility index (Phi) is 5.13. The lowest BCUT2D eigenvalue weighted by Gasteiger charge is -2.44. The summed E-state index contributed by atoms with van der Waals surface area (Å²) in [5, 5.41) is 16.0.